The molecule has 0 aromatic carbocycles. The number of hydrogen-bond acceptors (Lipinski definition) is 4. The second kappa shape index (κ2) is 4.92. The van der Waals surface area contributed by atoms with E-state index >= 15 is 0 Å². The molecule has 0 aromatic heterocycles. The molecule has 2 N–H and O–H groups in total. The molecule has 0 bridgehead atoms. The highest BCUT2D eigenvalue weighted by Gasteiger charge is 2.29. The molecule has 2 aliphatic heterocycles. The Morgan fingerprint density at radius 1 is 1.47 bits per heavy atom. The molecule has 2 heterocycles. The minimum Gasteiger partial charge on any atom is -0.379 e. The van der Waals surface area contributed by atoms with Crippen LogP contribution in [0.25, 0.3) is 0 Å². The average molecular weight is 213 g/mol. The van der Waals surface area contributed by atoms with Gasteiger partial charge in [-0.2, -0.15) is 0 Å². The maximum absolute atomic E-state index is 12.1. The molecule has 0 spiro atoms. The summed E-state index contributed by atoms with van der Waals surface area (Å²) in [6.07, 6.45) is 0.961. The molecule has 2 unspecified atom stereocenters. The van der Waals surface area contributed by atoms with Crippen molar-refractivity contribution in [1.82, 2.24) is 15.5 Å². The Bertz CT molecular complexity index is 223. The van der Waals surface area contributed by atoms with E-state index in [9.17, 15) is 4.79 Å². The molecule has 15 heavy (non-hydrogen) atoms. The van der Waals surface area contributed by atoms with Gasteiger partial charge >= 0.3 is 0 Å². The molecular weight excluding hydrogens is 194 g/mol. The standard InChI is InChI=1S/C10H19N3O2/c1-13(8-2-5-15-7-8)10(14)9-6-11-3-4-12-9/h8-9,11-12H,2-7H2,1H3. The van der Waals surface area contributed by atoms with Crippen molar-refractivity contribution >= 4 is 5.91 Å². The number of ether oxygens (including phenoxy) is 1. The zero-order chi connectivity index (χ0) is 10.7. The van der Waals surface area contributed by atoms with Gasteiger partial charge in [-0.15, -0.1) is 0 Å². The summed E-state index contributed by atoms with van der Waals surface area (Å²) in [5.74, 6) is 0.178. The first-order valence-corrected chi connectivity index (χ1v) is 5.57. The highest BCUT2D eigenvalue weighted by atomic mass is 16.5. The van der Waals surface area contributed by atoms with Gasteiger partial charge < -0.3 is 20.3 Å². The number of amides is 1. The molecule has 86 valence electrons. The average Bonchev–Trinajstić information content (AvgIpc) is 2.82. The number of carbonyl (C=O) groups is 1. The van der Waals surface area contributed by atoms with Crippen LogP contribution in [0.2, 0.25) is 0 Å². The summed E-state index contributed by atoms with van der Waals surface area (Å²) >= 11 is 0. The molecule has 2 aliphatic rings. The fourth-order valence-corrected chi connectivity index (χ4v) is 2.08. The van der Waals surface area contributed by atoms with Crippen molar-refractivity contribution in [3.63, 3.8) is 0 Å². The lowest BCUT2D eigenvalue weighted by atomic mass is 10.1. The minimum absolute atomic E-state index is 0.0654. The van der Waals surface area contributed by atoms with Gasteiger partial charge in [0.15, 0.2) is 0 Å². The third-order valence-electron chi connectivity index (χ3n) is 3.14. The number of carbonyl (C=O) groups excluding carboxylic acids is 1. The van der Waals surface area contributed by atoms with Crippen LogP contribution in [0.4, 0.5) is 0 Å². The third kappa shape index (κ3) is 2.48. The van der Waals surface area contributed by atoms with E-state index in [4.69, 9.17) is 4.74 Å². The van der Waals surface area contributed by atoms with E-state index in [0.717, 1.165) is 32.7 Å². The van der Waals surface area contributed by atoms with E-state index in [1.54, 1.807) is 0 Å². The summed E-state index contributed by atoms with van der Waals surface area (Å²) in [7, 11) is 1.87. The lowest BCUT2D eigenvalue weighted by molar-refractivity contribution is -0.134. The largest absolute Gasteiger partial charge is 0.379 e. The Morgan fingerprint density at radius 2 is 2.33 bits per heavy atom. The van der Waals surface area contributed by atoms with Gasteiger partial charge in [0.25, 0.3) is 0 Å². The Kier molecular flexibility index (Phi) is 3.56. The Morgan fingerprint density at radius 3 is 2.93 bits per heavy atom. The number of likely N-dealkylation sites (N-methyl/N-ethyl adjacent to an activating group) is 1. The maximum atomic E-state index is 12.1. The molecule has 0 aliphatic carbocycles. The fraction of sp³-hybridized carbons (Fsp3) is 0.900. The number of piperazine rings is 1. The first-order chi connectivity index (χ1) is 7.29. The smallest absolute Gasteiger partial charge is 0.241 e. The molecule has 0 aromatic rings. The molecule has 2 atom stereocenters. The molecule has 2 saturated heterocycles. The summed E-state index contributed by atoms with van der Waals surface area (Å²) in [5, 5.41) is 6.45. The van der Waals surface area contributed by atoms with Crippen LogP contribution in [0, 0.1) is 0 Å². The maximum Gasteiger partial charge on any atom is 0.241 e. The van der Waals surface area contributed by atoms with E-state index < -0.39 is 0 Å². The van der Waals surface area contributed by atoms with Gasteiger partial charge in [-0.1, -0.05) is 0 Å². The highest BCUT2D eigenvalue weighted by Crippen LogP contribution is 2.11. The van der Waals surface area contributed by atoms with Crippen molar-refractivity contribution in [1.29, 1.82) is 0 Å². The van der Waals surface area contributed by atoms with Gasteiger partial charge in [0.1, 0.15) is 0 Å². The van der Waals surface area contributed by atoms with Gasteiger partial charge in [0, 0.05) is 33.3 Å². The Balaban J connectivity index is 1.87. The summed E-state index contributed by atoms with van der Waals surface area (Å²) in [5.41, 5.74) is 0. The molecule has 5 heteroatoms. The molecule has 2 rings (SSSR count). The van der Waals surface area contributed by atoms with Crippen molar-refractivity contribution < 1.29 is 9.53 Å². The first kappa shape index (κ1) is 10.9. The van der Waals surface area contributed by atoms with Crippen molar-refractivity contribution in [2.75, 3.05) is 39.9 Å². The van der Waals surface area contributed by atoms with Gasteiger partial charge in [-0.05, 0) is 6.42 Å². The predicted molar refractivity (Wildman–Crippen MR) is 56.7 cm³/mol. The summed E-state index contributed by atoms with van der Waals surface area (Å²) in [4.78, 5) is 13.9. The van der Waals surface area contributed by atoms with Crippen LogP contribution in [-0.4, -0.2) is 62.8 Å². The van der Waals surface area contributed by atoms with Gasteiger partial charge in [-0.3, -0.25) is 4.79 Å². The van der Waals surface area contributed by atoms with E-state index in [1.807, 2.05) is 11.9 Å². The fourth-order valence-electron chi connectivity index (χ4n) is 2.08. The normalized spacial score (nSPS) is 31.5. The molecular formula is C10H19N3O2. The van der Waals surface area contributed by atoms with Gasteiger partial charge in [0.2, 0.25) is 5.91 Å². The Hall–Kier alpha value is -0.650. The zero-order valence-electron chi connectivity index (χ0n) is 9.16. The minimum atomic E-state index is -0.0654. The van der Waals surface area contributed by atoms with Crippen LogP contribution >= 0.6 is 0 Å². The molecule has 0 radical (unpaired) electrons. The van der Waals surface area contributed by atoms with Gasteiger partial charge in [-0.25, -0.2) is 0 Å². The van der Waals surface area contributed by atoms with Crippen LogP contribution in [0.1, 0.15) is 6.42 Å². The van der Waals surface area contributed by atoms with E-state index in [-0.39, 0.29) is 18.0 Å². The first-order valence-electron chi connectivity index (χ1n) is 5.57. The van der Waals surface area contributed by atoms with Crippen molar-refractivity contribution in [3.05, 3.63) is 0 Å². The van der Waals surface area contributed by atoms with E-state index in [0.29, 0.717) is 6.61 Å². The van der Waals surface area contributed by atoms with Crippen molar-refractivity contribution in [2.24, 2.45) is 0 Å². The number of hydrogen-bond donors (Lipinski definition) is 2. The zero-order valence-corrected chi connectivity index (χ0v) is 9.16. The monoisotopic (exact) mass is 213 g/mol. The second-order valence-electron chi connectivity index (χ2n) is 4.18. The molecule has 0 saturated carbocycles. The van der Waals surface area contributed by atoms with Crippen LogP contribution in [-0.2, 0) is 9.53 Å². The quantitative estimate of drug-likeness (QED) is 0.605. The molecule has 2 fully saturated rings. The molecule has 5 nitrogen and oxygen atoms in total. The van der Waals surface area contributed by atoms with E-state index in [2.05, 4.69) is 10.6 Å². The van der Waals surface area contributed by atoms with Crippen LogP contribution < -0.4 is 10.6 Å². The number of nitrogens with zero attached hydrogens (tertiary/aromatic N) is 1. The number of rotatable bonds is 2. The Labute approximate surface area is 90.1 Å². The van der Waals surface area contributed by atoms with Crippen LogP contribution in [0.3, 0.4) is 0 Å². The highest BCUT2D eigenvalue weighted by molar-refractivity contribution is 5.82. The van der Waals surface area contributed by atoms with Crippen molar-refractivity contribution in [2.45, 2.75) is 18.5 Å². The third-order valence-corrected chi connectivity index (χ3v) is 3.14. The summed E-state index contributed by atoms with van der Waals surface area (Å²) in [6.45, 7) is 4.00. The summed E-state index contributed by atoms with van der Waals surface area (Å²) < 4.78 is 5.29. The van der Waals surface area contributed by atoms with Crippen molar-refractivity contribution in [3.8, 4) is 0 Å². The predicted octanol–water partition coefficient (Wildman–Crippen LogP) is -1.20. The van der Waals surface area contributed by atoms with Crippen LogP contribution in [0.5, 0.6) is 0 Å². The lowest BCUT2D eigenvalue weighted by Crippen LogP contribution is -2.57. The number of nitrogens with one attached hydrogen (secondary N) is 2. The van der Waals surface area contributed by atoms with Gasteiger partial charge in [0.05, 0.1) is 18.7 Å². The topological polar surface area (TPSA) is 53.6 Å². The lowest BCUT2D eigenvalue weighted by Gasteiger charge is -2.30. The SMILES string of the molecule is CN(C(=O)C1CNCCN1)C1CCOC1. The second-order valence-corrected chi connectivity index (χ2v) is 4.18. The summed E-state index contributed by atoms with van der Waals surface area (Å²) in [6, 6.07) is 0.200. The van der Waals surface area contributed by atoms with E-state index in [1.165, 1.54) is 0 Å². The molecule has 1 amide bonds. The van der Waals surface area contributed by atoms with Crippen LogP contribution in [0.15, 0.2) is 0 Å².